The summed E-state index contributed by atoms with van der Waals surface area (Å²) < 4.78 is 24.8. The molecule has 0 N–H and O–H groups in total. The molecule has 6 rings (SSSR count). The second-order valence-corrected chi connectivity index (χ2v) is 10.9. The van der Waals surface area contributed by atoms with E-state index in [9.17, 15) is 0 Å². The fourth-order valence-corrected chi connectivity index (χ4v) is 8.84. The fourth-order valence-electron chi connectivity index (χ4n) is 8.84. The standard InChI is InChI=1S/C23H36O4/c1-20-9-10-22(24-11-12-25-22)15-16(20)3-4-17-18(20)5-7-21(2)19(17)6-8-23(21)26-13-14-27-23/h16-19H,3-15H2,1-2H3/t16-,17?,18?,19?,20-,21-/m0/s1. The molecule has 4 saturated carbocycles. The lowest BCUT2D eigenvalue weighted by Crippen LogP contribution is -2.58. The van der Waals surface area contributed by atoms with E-state index in [1.54, 1.807) is 0 Å². The molecule has 6 atom stereocenters. The Morgan fingerprint density at radius 1 is 0.667 bits per heavy atom. The van der Waals surface area contributed by atoms with Crippen molar-refractivity contribution < 1.29 is 18.9 Å². The van der Waals surface area contributed by atoms with Crippen molar-refractivity contribution in [3.8, 4) is 0 Å². The molecule has 0 aromatic heterocycles. The molecule has 4 nitrogen and oxygen atoms in total. The third-order valence-electron chi connectivity index (χ3n) is 10.3. The molecule has 0 radical (unpaired) electrons. The van der Waals surface area contributed by atoms with Crippen molar-refractivity contribution >= 4 is 0 Å². The molecule has 2 spiro atoms. The predicted molar refractivity (Wildman–Crippen MR) is 101 cm³/mol. The Morgan fingerprint density at radius 3 is 2.15 bits per heavy atom. The van der Waals surface area contributed by atoms with Gasteiger partial charge in [-0.3, -0.25) is 0 Å². The number of ether oxygens (including phenoxy) is 4. The summed E-state index contributed by atoms with van der Waals surface area (Å²) >= 11 is 0. The Hall–Kier alpha value is -0.160. The van der Waals surface area contributed by atoms with Crippen LogP contribution in [0.4, 0.5) is 0 Å². The summed E-state index contributed by atoms with van der Waals surface area (Å²) in [6.07, 6.45) is 11.3. The summed E-state index contributed by atoms with van der Waals surface area (Å²) in [5, 5.41) is 0. The van der Waals surface area contributed by atoms with E-state index in [-0.39, 0.29) is 17.0 Å². The highest BCUT2D eigenvalue weighted by Gasteiger charge is 2.67. The summed E-state index contributed by atoms with van der Waals surface area (Å²) in [5.74, 6) is 2.78. The third-order valence-corrected chi connectivity index (χ3v) is 10.3. The summed E-state index contributed by atoms with van der Waals surface area (Å²) in [5.41, 5.74) is 0.694. The van der Waals surface area contributed by atoms with Crippen LogP contribution in [0.5, 0.6) is 0 Å². The molecule has 27 heavy (non-hydrogen) atoms. The molecular weight excluding hydrogens is 340 g/mol. The first kappa shape index (κ1) is 17.7. The molecular formula is C23H36O4. The molecule has 0 aromatic rings. The van der Waals surface area contributed by atoms with E-state index in [0.717, 1.165) is 69.4 Å². The number of fused-ring (bicyclic) bond motifs is 6. The number of hydrogen-bond acceptors (Lipinski definition) is 4. The van der Waals surface area contributed by atoms with Gasteiger partial charge in [-0.2, -0.15) is 0 Å². The summed E-state index contributed by atoms with van der Waals surface area (Å²) in [6.45, 7) is 8.27. The summed E-state index contributed by atoms with van der Waals surface area (Å²) in [7, 11) is 0. The van der Waals surface area contributed by atoms with Crippen LogP contribution in [-0.4, -0.2) is 38.0 Å². The molecule has 152 valence electrons. The maximum atomic E-state index is 6.29. The van der Waals surface area contributed by atoms with Gasteiger partial charge in [0.2, 0.25) is 0 Å². The molecule has 3 unspecified atom stereocenters. The van der Waals surface area contributed by atoms with Gasteiger partial charge in [0.15, 0.2) is 11.6 Å². The van der Waals surface area contributed by atoms with Crippen molar-refractivity contribution in [1.29, 1.82) is 0 Å². The van der Waals surface area contributed by atoms with Gasteiger partial charge in [-0.25, -0.2) is 0 Å². The van der Waals surface area contributed by atoms with Crippen LogP contribution in [0.3, 0.4) is 0 Å². The Kier molecular flexibility index (Phi) is 3.74. The van der Waals surface area contributed by atoms with Gasteiger partial charge in [-0.05, 0) is 67.6 Å². The molecule has 6 fully saturated rings. The first-order chi connectivity index (χ1) is 13.0. The highest BCUT2D eigenvalue weighted by molar-refractivity contribution is 5.13. The van der Waals surface area contributed by atoms with Gasteiger partial charge in [0, 0.05) is 24.7 Å². The van der Waals surface area contributed by atoms with Crippen LogP contribution in [0.15, 0.2) is 0 Å². The van der Waals surface area contributed by atoms with Crippen LogP contribution in [0, 0.1) is 34.5 Å². The number of hydrogen-bond donors (Lipinski definition) is 0. The normalized spacial score (nSPS) is 52.7. The minimum Gasteiger partial charge on any atom is -0.348 e. The largest absolute Gasteiger partial charge is 0.348 e. The second-order valence-electron chi connectivity index (χ2n) is 10.9. The molecule has 0 amide bonds. The minimum absolute atomic E-state index is 0.224. The van der Waals surface area contributed by atoms with E-state index in [2.05, 4.69) is 13.8 Å². The van der Waals surface area contributed by atoms with Crippen LogP contribution in [0.1, 0.15) is 71.6 Å². The van der Waals surface area contributed by atoms with Gasteiger partial charge in [0.1, 0.15) is 0 Å². The van der Waals surface area contributed by atoms with Gasteiger partial charge >= 0.3 is 0 Å². The highest BCUT2D eigenvalue weighted by Crippen LogP contribution is 2.70. The quantitative estimate of drug-likeness (QED) is 0.623. The van der Waals surface area contributed by atoms with Crippen LogP contribution in [0.2, 0.25) is 0 Å². The smallest absolute Gasteiger partial charge is 0.174 e. The van der Waals surface area contributed by atoms with E-state index in [1.807, 2.05) is 0 Å². The molecule has 4 aliphatic carbocycles. The molecule has 0 aromatic carbocycles. The van der Waals surface area contributed by atoms with E-state index in [4.69, 9.17) is 18.9 Å². The maximum absolute atomic E-state index is 6.29. The van der Waals surface area contributed by atoms with Gasteiger partial charge in [-0.15, -0.1) is 0 Å². The average Bonchev–Trinajstić information content (AvgIpc) is 3.38. The Balaban J connectivity index is 1.28. The van der Waals surface area contributed by atoms with Crippen LogP contribution < -0.4 is 0 Å². The van der Waals surface area contributed by atoms with Crippen molar-refractivity contribution in [3.05, 3.63) is 0 Å². The van der Waals surface area contributed by atoms with Crippen LogP contribution >= 0.6 is 0 Å². The van der Waals surface area contributed by atoms with Gasteiger partial charge in [0.05, 0.1) is 26.4 Å². The van der Waals surface area contributed by atoms with E-state index in [0.29, 0.717) is 5.41 Å². The lowest BCUT2D eigenvalue weighted by atomic mass is 9.44. The molecule has 2 aliphatic heterocycles. The molecule has 4 heteroatoms. The van der Waals surface area contributed by atoms with Gasteiger partial charge in [-0.1, -0.05) is 13.8 Å². The molecule has 2 saturated heterocycles. The van der Waals surface area contributed by atoms with E-state index >= 15 is 0 Å². The fraction of sp³-hybridized carbons (Fsp3) is 1.00. The zero-order valence-electron chi connectivity index (χ0n) is 17.1. The topological polar surface area (TPSA) is 36.9 Å². The number of rotatable bonds is 0. The zero-order valence-corrected chi connectivity index (χ0v) is 17.1. The van der Waals surface area contributed by atoms with Crippen molar-refractivity contribution in [2.75, 3.05) is 26.4 Å². The van der Waals surface area contributed by atoms with Gasteiger partial charge < -0.3 is 18.9 Å². The first-order valence-corrected chi connectivity index (χ1v) is 11.6. The van der Waals surface area contributed by atoms with Crippen molar-refractivity contribution in [2.45, 2.75) is 83.2 Å². The van der Waals surface area contributed by atoms with E-state index < -0.39 is 0 Å². The van der Waals surface area contributed by atoms with E-state index in [1.165, 1.54) is 38.5 Å². The zero-order chi connectivity index (χ0) is 18.3. The Labute approximate surface area is 163 Å². The molecule has 2 heterocycles. The van der Waals surface area contributed by atoms with Crippen LogP contribution in [-0.2, 0) is 18.9 Å². The Morgan fingerprint density at radius 2 is 1.37 bits per heavy atom. The Bertz CT molecular complexity index is 607. The third kappa shape index (κ3) is 2.19. The molecule has 6 aliphatic rings. The highest BCUT2D eigenvalue weighted by atomic mass is 16.7. The minimum atomic E-state index is -0.261. The van der Waals surface area contributed by atoms with Crippen LogP contribution in [0.25, 0.3) is 0 Å². The van der Waals surface area contributed by atoms with Crippen molar-refractivity contribution in [1.82, 2.24) is 0 Å². The lowest BCUT2D eigenvalue weighted by molar-refractivity contribution is -0.257. The van der Waals surface area contributed by atoms with Gasteiger partial charge in [0.25, 0.3) is 0 Å². The predicted octanol–water partition coefficient (Wildman–Crippen LogP) is 4.52. The lowest BCUT2D eigenvalue weighted by Gasteiger charge is -2.62. The van der Waals surface area contributed by atoms with Crippen molar-refractivity contribution in [2.24, 2.45) is 34.5 Å². The monoisotopic (exact) mass is 376 g/mol. The average molecular weight is 377 g/mol. The first-order valence-electron chi connectivity index (χ1n) is 11.6. The summed E-state index contributed by atoms with van der Waals surface area (Å²) in [4.78, 5) is 0. The van der Waals surface area contributed by atoms with Crippen molar-refractivity contribution in [3.63, 3.8) is 0 Å². The second kappa shape index (κ2) is 5.71. The molecule has 0 bridgehead atoms. The maximum Gasteiger partial charge on any atom is 0.174 e. The summed E-state index contributed by atoms with van der Waals surface area (Å²) in [6, 6.07) is 0. The SMILES string of the molecule is C[C@]12CCC3C(CC[C@H]4CC5(CC[C@]34C)OCCO5)C1CCC21OCCO1.